The van der Waals surface area contributed by atoms with E-state index in [2.05, 4.69) is 5.10 Å². The normalized spacial score (nSPS) is 11.6. The lowest BCUT2D eigenvalue weighted by Gasteiger charge is -2.12. The molecule has 0 N–H and O–H groups in total. The summed E-state index contributed by atoms with van der Waals surface area (Å²) >= 11 is 4.98. The molecular formula is C11H10F3N3OS. The standard InChI is InChI=1S/C11H10F3N3OS/c1-16-10(19)17(9(15-16)11(12,13)14)7-5-3-4-6-8(7)18-2/h3-6H,1-2H3. The summed E-state index contributed by atoms with van der Waals surface area (Å²) in [6, 6.07) is 6.32. The number of aryl methyl sites for hydroxylation is 1. The molecule has 0 spiro atoms. The van der Waals surface area contributed by atoms with Crippen LogP contribution in [0.5, 0.6) is 5.75 Å². The maximum atomic E-state index is 13.0. The van der Waals surface area contributed by atoms with Gasteiger partial charge in [0.1, 0.15) is 5.75 Å². The third-order valence-corrected chi connectivity index (χ3v) is 2.95. The van der Waals surface area contributed by atoms with Crippen LogP contribution in [0.25, 0.3) is 5.69 Å². The molecule has 2 aromatic rings. The first-order chi connectivity index (χ1) is 8.86. The number of nitrogens with zero attached hydrogens (tertiary/aromatic N) is 3. The predicted molar refractivity (Wildman–Crippen MR) is 64.9 cm³/mol. The smallest absolute Gasteiger partial charge is 0.452 e. The number of methoxy groups -OCH3 is 1. The molecule has 0 aliphatic carbocycles. The summed E-state index contributed by atoms with van der Waals surface area (Å²) in [4.78, 5) is 0. The van der Waals surface area contributed by atoms with Crippen LogP contribution in [0.4, 0.5) is 13.2 Å². The van der Waals surface area contributed by atoms with Crippen molar-refractivity contribution < 1.29 is 17.9 Å². The zero-order valence-electron chi connectivity index (χ0n) is 10.1. The molecule has 2 rings (SSSR count). The minimum atomic E-state index is -4.60. The van der Waals surface area contributed by atoms with Crippen LogP contribution in [-0.2, 0) is 13.2 Å². The summed E-state index contributed by atoms with van der Waals surface area (Å²) in [5.41, 5.74) is 0.204. The Labute approximate surface area is 112 Å². The van der Waals surface area contributed by atoms with Crippen LogP contribution in [0.1, 0.15) is 5.82 Å². The summed E-state index contributed by atoms with van der Waals surface area (Å²) in [7, 11) is 2.75. The van der Waals surface area contributed by atoms with Crippen LogP contribution in [0, 0.1) is 4.77 Å². The second kappa shape index (κ2) is 4.69. The highest BCUT2D eigenvalue weighted by Crippen LogP contribution is 2.32. The van der Waals surface area contributed by atoms with Crippen LogP contribution in [-0.4, -0.2) is 21.5 Å². The fraction of sp³-hybridized carbons (Fsp3) is 0.273. The molecule has 1 heterocycles. The average molecular weight is 289 g/mol. The van der Waals surface area contributed by atoms with Gasteiger partial charge in [0.05, 0.1) is 12.8 Å². The molecule has 0 saturated carbocycles. The highest BCUT2D eigenvalue weighted by molar-refractivity contribution is 7.71. The summed E-state index contributed by atoms with van der Waals surface area (Å²) in [5.74, 6) is -0.790. The Hall–Kier alpha value is -1.83. The lowest BCUT2D eigenvalue weighted by molar-refractivity contribution is -0.146. The summed E-state index contributed by atoms with van der Waals surface area (Å²) in [6.45, 7) is 0. The van der Waals surface area contributed by atoms with Crippen molar-refractivity contribution in [1.82, 2.24) is 14.3 Å². The van der Waals surface area contributed by atoms with E-state index >= 15 is 0 Å². The molecule has 0 aliphatic rings. The van der Waals surface area contributed by atoms with Crippen LogP contribution in [0.2, 0.25) is 0 Å². The van der Waals surface area contributed by atoms with Gasteiger partial charge in [0, 0.05) is 7.05 Å². The molecule has 8 heteroatoms. The number of ether oxygens (including phenoxy) is 1. The van der Waals surface area contributed by atoms with E-state index in [1.165, 1.54) is 20.2 Å². The second-order valence-corrected chi connectivity index (χ2v) is 4.10. The lowest BCUT2D eigenvalue weighted by atomic mass is 10.3. The number of hydrogen-bond acceptors (Lipinski definition) is 3. The minimum absolute atomic E-state index is 0.0585. The Morgan fingerprint density at radius 3 is 2.47 bits per heavy atom. The molecule has 4 nitrogen and oxygen atoms in total. The number of halogens is 3. The number of rotatable bonds is 2. The van der Waals surface area contributed by atoms with Gasteiger partial charge < -0.3 is 4.74 Å². The van der Waals surface area contributed by atoms with Crippen molar-refractivity contribution >= 4 is 12.2 Å². The zero-order chi connectivity index (χ0) is 14.2. The molecule has 1 aromatic carbocycles. The van der Waals surface area contributed by atoms with E-state index in [-0.39, 0.29) is 16.2 Å². The first-order valence-electron chi connectivity index (χ1n) is 5.23. The minimum Gasteiger partial charge on any atom is -0.495 e. The Morgan fingerprint density at radius 1 is 1.26 bits per heavy atom. The van der Waals surface area contributed by atoms with Gasteiger partial charge in [-0.15, -0.1) is 5.10 Å². The van der Waals surface area contributed by atoms with E-state index in [9.17, 15) is 13.2 Å². The summed E-state index contributed by atoms with van der Waals surface area (Å²) in [5, 5.41) is 3.43. The topological polar surface area (TPSA) is 32.0 Å². The fourth-order valence-corrected chi connectivity index (χ4v) is 1.91. The molecule has 0 radical (unpaired) electrons. The molecule has 102 valence electrons. The highest BCUT2D eigenvalue weighted by Gasteiger charge is 2.38. The van der Waals surface area contributed by atoms with E-state index in [1.807, 2.05) is 0 Å². The first-order valence-corrected chi connectivity index (χ1v) is 5.63. The molecule has 0 unspecified atom stereocenters. The van der Waals surface area contributed by atoms with Crippen LogP contribution in [0.3, 0.4) is 0 Å². The maximum Gasteiger partial charge on any atom is 0.452 e. The first kappa shape index (κ1) is 13.6. The third kappa shape index (κ3) is 2.35. The SMILES string of the molecule is COc1ccccc1-n1c(C(F)(F)F)nn(C)c1=S. The van der Waals surface area contributed by atoms with Gasteiger partial charge in [-0.2, -0.15) is 13.2 Å². The van der Waals surface area contributed by atoms with Gasteiger partial charge in [0.2, 0.25) is 10.6 Å². The molecular weight excluding hydrogens is 279 g/mol. The lowest BCUT2D eigenvalue weighted by Crippen LogP contribution is -2.14. The molecule has 0 atom stereocenters. The van der Waals surface area contributed by atoms with Crippen molar-refractivity contribution in [2.45, 2.75) is 6.18 Å². The number of alkyl halides is 3. The number of aromatic nitrogens is 3. The summed E-state index contributed by atoms with van der Waals surface area (Å²) < 4.78 is 45.8. The van der Waals surface area contributed by atoms with Crippen LogP contribution >= 0.6 is 12.2 Å². The molecule has 0 saturated heterocycles. The van der Waals surface area contributed by atoms with Crippen molar-refractivity contribution in [2.75, 3.05) is 7.11 Å². The number of para-hydroxylation sites is 2. The molecule has 0 amide bonds. The van der Waals surface area contributed by atoms with Gasteiger partial charge in [0.25, 0.3) is 0 Å². The Bertz CT molecular complexity index is 660. The van der Waals surface area contributed by atoms with Crippen molar-refractivity contribution in [3.63, 3.8) is 0 Å². The quantitative estimate of drug-likeness (QED) is 0.797. The van der Waals surface area contributed by atoms with Crippen molar-refractivity contribution in [2.24, 2.45) is 7.05 Å². The second-order valence-electron chi connectivity index (χ2n) is 3.73. The molecule has 0 fully saturated rings. The largest absolute Gasteiger partial charge is 0.495 e. The van der Waals surface area contributed by atoms with E-state index in [4.69, 9.17) is 17.0 Å². The van der Waals surface area contributed by atoms with Crippen molar-refractivity contribution in [3.05, 3.63) is 34.9 Å². The summed E-state index contributed by atoms with van der Waals surface area (Å²) in [6.07, 6.45) is -4.60. The van der Waals surface area contributed by atoms with E-state index in [1.54, 1.807) is 18.2 Å². The molecule has 0 aliphatic heterocycles. The van der Waals surface area contributed by atoms with Crippen LogP contribution in [0.15, 0.2) is 24.3 Å². The zero-order valence-corrected chi connectivity index (χ0v) is 10.9. The Morgan fingerprint density at radius 2 is 1.89 bits per heavy atom. The fourth-order valence-electron chi connectivity index (χ4n) is 1.68. The Kier molecular flexibility index (Phi) is 3.36. The van der Waals surface area contributed by atoms with Gasteiger partial charge in [-0.1, -0.05) is 12.1 Å². The van der Waals surface area contributed by atoms with E-state index < -0.39 is 12.0 Å². The van der Waals surface area contributed by atoms with Gasteiger partial charge in [-0.25, -0.2) is 4.68 Å². The van der Waals surface area contributed by atoms with Crippen LogP contribution < -0.4 is 4.74 Å². The monoisotopic (exact) mass is 289 g/mol. The molecule has 1 aromatic heterocycles. The third-order valence-electron chi connectivity index (χ3n) is 2.50. The molecule has 19 heavy (non-hydrogen) atoms. The number of benzene rings is 1. The van der Waals surface area contributed by atoms with Gasteiger partial charge >= 0.3 is 6.18 Å². The predicted octanol–water partition coefficient (Wildman–Crippen LogP) is 2.97. The highest BCUT2D eigenvalue weighted by atomic mass is 32.1. The average Bonchev–Trinajstić information content (AvgIpc) is 2.66. The van der Waals surface area contributed by atoms with Crippen molar-refractivity contribution in [3.8, 4) is 11.4 Å². The Balaban J connectivity index is 2.79. The van der Waals surface area contributed by atoms with E-state index in [0.717, 1.165) is 9.25 Å². The maximum absolute atomic E-state index is 13.0. The molecule has 0 bridgehead atoms. The number of hydrogen-bond donors (Lipinski definition) is 0. The van der Waals surface area contributed by atoms with Crippen molar-refractivity contribution in [1.29, 1.82) is 0 Å². The van der Waals surface area contributed by atoms with E-state index in [0.29, 0.717) is 0 Å². The van der Waals surface area contributed by atoms with Gasteiger partial charge in [-0.05, 0) is 24.4 Å². The van der Waals surface area contributed by atoms with Gasteiger partial charge in [-0.3, -0.25) is 4.57 Å². The van der Waals surface area contributed by atoms with Gasteiger partial charge in [0.15, 0.2) is 0 Å².